The molecule has 1 rings (SSSR count). The van der Waals surface area contributed by atoms with Crippen LogP contribution in [-0.2, 0) is 17.9 Å². The molecule has 0 atom stereocenters. The average molecular weight is 291 g/mol. The minimum absolute atomic E-state index is 0.659. The molecule has 0 fully saturated rings. The summed E-state index contributed by atoms with van der Waals surface area (Å²) in [6.45, 7) is 6.86. The summed E-state index contributed by atoms with van der Waals surface area (Å²) in [6, 6.07) is 8.44. The Kier molecular flexibility index (Phi) is 8.51. The Morgan fingerprint density at radius 2 is 1.71 bits per heavy atom. The molecule has 0 aromatic heterocycles. The van der Waals surface area contributed by atoms with Gasteiger partial charge in [-0.1, -0.05) is 51.0 Å². The number of nitrogens with one attached hydrogen (secondary N) is 2. The smallest absolute Gasteiger partial charge is 0.191 e. The maximum Gasteiger partial charge on any atom is 0.191 e. The van der Waals surface area contributed by atoms with E-state index < -0.39 is 0 Å². The van der Waals surface area contributed by atoms with Crippen LogP contribution < -0.4 is 10.6 Å². The SMILES string of the molecule is CCC(CC)CNC(=NC)NCc1ccc(COC)cc1. The molecule has 0 bridgehead atoms. The monoisotopic (exact) mass is 291 g/mol. The quantitative estimate of drug-likeness (QED) is 0.572. The lowest BCUT2D eigenvalue weighted by Gasteiger charge is -2.16. The molecular formula is C17H29N3O. The van der Waals surface area contributed by atoms with Crippen LogP contribution >= 0.6 is 0 Å². The van der Waals surface area contributed by atoms with Crippen LogP contribution in [0.3, 0.4) is 0 Å². The van der Waals surface area contributed by atoms with E-state index in [9.17, 15) is 0 Å². The van der Waals surface area contributed by atoms with Gasteiger partial charge in [0.25, 0.3) is 0 Å². The molecule has 1 aromatic rings. The van der Waals surface area contributed by atoms with Crippen LogP contribution in [0.4, 0.5) is 0 Å². The number of aliphatic imine (C=N–C) groups is 1. The highest BCUT2D eigenvalue weighted by Crippen LogP contribution is 2.06. The van der Waals surface area contributed by atoms with Crippen molar-refractivity contribution in [2.24, 2.45) is 10.9 Å². The fourth-order valence-corrected chi connectivity index (χ4v) is 2.14. The van der Waals surface area contributed by atoms with E-state index in [4.69, 9.17) is 4.74 Å². The number of hydrogen-bond donors (Lipinski definition) is 2. The second-order valence-corrected chi connectivity index (χ2v) is 5.24. The first-order chi connectivity index (χ1) is 10.2. The molecule has 2 N–H and O–H groups in total. The predicted molar refractivity (Wildman–Crippen MR) is 89.4 cm³/mol. The molecule has 0 aliphatic heterocycles. The number of hydrogen-bond acceptors (Lipinski definition) is 2. The van der Waals surface area contributed by atoms with Crippen LogP contribution in [0.1, 0.15) is 37.8 Å². The van der Waals surface area contributed by atoms with E-state index in [1.54, 1.807) is 7.11 Å². The molecule has 0 heterocycles. The summed E-state index contributed by atoms with van der Waals surface area (Å²) in [4.78, 5) is 4.27. The van der Waals surface area contributed by atoms with Crippen LogP contribution in [0.2, 0.25) is 0 Å². The third-order valence-corrected chi connectivity index (χ3v) is 3.73. The van der Waals surface area contributed by atoms with Gasteiger partial charge >= 0.3 is 0 Å². The molecule has 0 radical (unpaired) electrons. The molecule has 0 aliphatic carbocycles. The van der Waals surface area contributed by atoms with Crippen LogP contribution in [0.5, 0.6) is 0 Å². The van der Waals surface area contributed by atoms with Crippen molar-refractivity contribution in [1.82, 2.24) is 10.6 Å². The summed E-state index contributed by atoms with van der Waals surface area (Å²) in [5.41, 5.74) is 2.43. The molecule has 4 nitrogen and oxygen atoms in total. The van der Waals surface area contributed by atoms with Gasteiger partial charge in [0, 0.05) is 27.2 Å². The number of nitrogens with zero attached hydrogens (tertiary/aromatic N) is 1. The lowest BCUT2D eigenvalue weighted by atomic mass is 10.0. The van der Waals surface area contributed by atoms with Crippen LogP contribution in [0, 0.1) is 5.92 Å². The van der Waals surface area contributed by atoms with E-state index in [0.717, 1.165) is 19.0 Å². The standard InChI is InChI=1S/C17H29N3O/c1-5-14(6-2)11-19-17(18-3)20-12-15-7-9-16(10-8-15)13-21-4/h7-10,14H,5-6,11-13H2,1-4H3,(H2,18,19,20). The van der Waals surface area contributed by atoms with E-state index in [-0.39, 0.29) is 0 Å². The predicted octanol–water partition coefficient (Wildman–Crippen LogP) is 2.93. The van der Waals surface area contributed by atoms with Gasteiger partial charge in [-0.25, -0.2) is 0 Å². The molecule has 0 unspecified atom stereocenters. The summed E-state index contributed by atoms with van der Waals surface area (Å²) in [7, 11) is 3.52. The first-order valence-electron chi connectivity index (χ1n) is 7.74. The van der Waals surface area contributed by atoms with E-state index in [1.165, 1.54) is 24.0 Å². The van der Waals surface area contributed by atoms with Crippen molar-refractivity contribution in [2.75, 3.05) is 20.7 Å². The highest BCUT2D eigenvalue weighted by atomic mass is 16.5. The number of methoxy groups -OCH3 is 1. The van der Waals surface area contributed by atoms with E-state index in [2.05, 4.69) is 53.7 Å². The highest BCUT2D eigenvalue weighted by molar-refractivity contribution is 5.79. The number of benzene rings is 1. The van der Waals surface area contributed by atoms with Crippen molar-refractivity contribution in [2.45, 2.75) is 39.8 Å². The van der Waals surface area contributed by atoms with E-state index in [0.29, 0.717) is 12.5 Å². The van der Waals surface area contributed by atoms with Crippen molar-refractivity contribution in [3.05, 3.63) is 35.4 Å². The number of rotatable bonds is 8. The molecule has 4 heteroatoms. The zero-order valence-electron chi connectivity index (χ0n) is 13.8. The lowest BCUT2D eigenvalue weighted by Crippen LogP contribution is -2.39. The molecule has 0 amide bonds. The summed E-state index contributed by atoms with van der Waals surface area (Å²) < 4.78 is 5.11. The normalized spacial score (nSPS) is 11.8. The van der Waals surface area contributed by atoms with Crippen molar-refractivity contribution in [3.8, 4) is 0 Å². The molecular weight excluding hydrogens is 262 g/mol. The van der Waals surface area contributed by atoms with E-state index >= 15 is 0 Å². The second-order valence-electron chi connectivity index (χ2n) is 5.24. The third-order valence-electron chi connectivity index (χ3n) is 3.73. The van der Waals surface area contributed by atoms with Gasteiger partial charge in [-0.15, -0.1) is 0 Å². The topological polar surface area (TPSA) is 45.7 Å². The average Bonchev–Trinajstić information content (AvgIpc) is 2.53. The summed E-state index contributed by atoms with van der Waals surface area (Å²) in [5.74, 6) is 1.57. The fraction of sp³-hybridized carbons (Fsp3) is 0.588. The molecule has 21 heavy (non-hydrogen) atoms. The summed E-state index contributed by atoms with van der Waals surface area (Å²) in [5, 5.41) is 6.74. The maximum absolute atomic E-state index is 5.11. The minimum Gasteiger partial charge on any atom is -0.380 e. The van der Waals surface area contributed by atoms with E-state index in [1.807, 2.05) is 7.05 Å². The Morgan fingerprint density at radius 1 is 1.10 bits per heavy atom. The summed E-state index contributed by atoms with van der Waals surface area (Å²) in [6.07, 6.45) is 2.39. The highest BCUT2D eigenvalue weighted by Gasteiger charge is 2.04. The Morgan fingerprint density at radius 3 is 2.24 bits per heavy atom. The Labute approximate surface area is 129 Å². The molecule has 118 valence electrons. The van der Waals surface area contributed by atoms with Gasteiger partial charge in [0.1, 0.15) is 0 Å². The molecule has 0 saturated carbocycles. The summed E-state index contributed by atoms with van der Waals surface area (Å²) >= 11 is 0. The van der Waals surface area contributed by atoms with Gasteiger partial charge in [0.15, 0.2) is 5.96 Å². The minimum atomic E-state index is 0.659. The van der Waals surface area contributed by atoms with Gasteiger partial charge in [-0.2, -0.15) is 0 Å². The Bertz CT molecular complexity index is 411. The first kappa shape index (κ1) is 17.5. The van der Waals surface area contributed by atoms with Crippen molar-refractivity contribution in [3.63, 3.8) is 0 Å². The van der Waals surface area contributed by atoms with Crippen LogP contribution in [-0.4, -0.2) is 26.7 Å². The second kappa shape index (κ2) is 10.2. The lowest BCUT2D eigenvalue weighted by molar-refractivity contribution is 0.185. The van der Waals surface area contributed by atoms with Crippen molar-refractivity contribution < 1.29 is 4.74 Å². The fourth-order valence-electron chi connectivity index (χ4n) is 2.14. The largest absolute Gasteiger partial charge is 0.380 e. The zero-order chi connectivity index (χ0) is 15.5. The third kappa shape index (κ3) is 6.63. The zero-order valence-corrected chi connectivity index (χ0v) is 13.8. The van der Waals surface area contributed by atoms with Gasteiger partial charge in [0.2, 0.25) is 0 Å². The molecule has 0 spiro atoms. The molecule has 1 aromatic carbocycles. The number of guanidine groups is 1. The van der Waals surface area contributed by atoms with Gasteiger partial charge in [0.05, 0.1) is 6.61 Å². The molecule has 0 saturated heterocycles. The van der Waals surface area contributed by atoms with Gasteiger partial charge in [-0.3, -0.25) is 4.99 Å². The van der Waals surface area contributed by atoms with Crippen LogP contribution in [0.25, 0.3) is 0 Å². The van der Waals surface area contributed by atoms with Gasteiger partial charge in [-0.05, 0) is 17.0 Å². The van der Waals surface area contributed by atoms with Gasteiger partial charge < -0.3 is 15.4 Å². The Hall–Kier alpha value is -1.55. The maximum atomic E-state index is 5.11. The molecule has 0 aliphatic rings. The van der Waals surface area contributed by atoms with Crippen molar-refractivity contribution >= 4 is 5.96 Å². The number of ether oxygens (including phenoxy) is 1. The van der Waals surface area contributed by atoms with Crippen LogP contribution in [0.15, 0.2) is 29.3 Å². The first-order valence-corrected chi connectivity index (χ1v) is 7.74. The van der Waals surface area contributed by atoms with Crippen molar-refractivity contribution in [1.29, 1.82) is 0 Å². The Balaban J connectivity index is 2.40.